The zero-order chi connectivity index (χ0) is 14.7. The van der Waals surface area contributed by atoms with Crippen LogP contribution in [-0.2, 0) is 0 Å². The van der Waals surface area contributed by atoms with Crippen molar-refractivity contribution in [3.63, 3.8) is 0 Å². The van der Waals surface area contributed by atoms with E-state index in [0.29, 0.717) is 12.1 Å². The predicted octanol–water partition coefficient (Wildman–Crippen LogP) is 2.51. The maximum absolute atomic E-state index is 3.74. The van der Waals surface area contributed by atoms with Gasteiger partial charge in [0, 0.05) is 31.2 Å². The molecule has 1 aromatic carbocycles. The summed E-state index contributed by atoms with van der Waals surface area (Å²) in [7, 11) is 4.43. The molecular formula is C18H29N3. The normalized spacial score (nSPS) is 25.2. The van der Waals surface area contributed by atoms with Gasteiger partial charge in [-0.05, 0) is 51.9 Å². The molecule has 116 valence electrons. The summed E-state index contributed by atoms with van der Waals surface area (Å²) in [6.45, 7) is 3.52. The highest BCUT2D eigenvalue weighted by Gasteiger charge is 2.29. The Morgan fingerprint density at radius 1 is 1.19 bits per heavy atom. The van der Waals surface area contributed by atoms with E-state index in [1.54, 1.807) is 0 Å². The van der Waals surface area contributed by atoms with Gasteiger partial charge in [-0.15, -0.1) is 0 Å². The molecule has 1 saturated heterocycles. The van der Waals surface area contributed by atoms with Crippen molar-refractivity contribution >= 4 is 0 Å². The Kier molecular flexibility index (Phi) is 4.94. The fourth-order valence-corrected chi connectivity index (χ4v) is 3.39. The molecule has 1 heterocycles. The van der Waals surface area contributed by atoms with Gasteiger partial charge in [-0.2, -0.15) is 0 Å². The van der Waals surface area contributed by atoms with E-state index in [9.17, 15) is 0 Å². The molecule has 0 spiro atoms. The summed E-state index contributed by atoms with van der Waals surface area (Å²) in [6.07, 6.45) is 5.38. The zero-order valence-electron chi connectivity index (χ0n) is 13.5. The van der Waals surface area contributed by atoms with Crippen molar-refractivity contribution in [1.29, 1.82) is 0 Å². The Morgan fingerprint density at radius 2 is 1.95 bits per heavy atom. The van der Waals surface area contributed by atoms with E-state index in [2.05, 4.69) is 59.5 Å². The van der Waals surface area contributed by atoms with Crippen LogP contribution < -0.4 is 5.32 Å². The van der Waals surface area contributed by atoms with Crippen molar-refractivity contribution in [2.75, 3.05) is 33.7 Å². The first kappa shape index (κ1) is 15.0. The third-order valence-electron chi connectivity index (χ3n) is 4.96. The van der Waals surface area contributed by atoms with Crippen molar-refractivity contribution in [2.45, 2.75) is 43.8 Å². The van der Waals surface area contributed by atoms with Crippen LogP contribution in [0.3, 0.4) is 0 Å². The van der Waals surface area contributed by atoms with E-state index in [4.69, 9.17) is 0 Å². The molecule has 3 nitrogen and oxygen atoms in total. The molecule has 2 aliphatic rings. The van der Waals surface area contributed by atoms with Crippen LogP contribution in [0.5, 0.6) is 0 Å². The second-order valence-corrected chi connectivity index (χ2v) is 6.86. The van der Waals surface area contributed by atoms with Gasteiger partial charge in [0.25, 0.3) is 0 Å². The number of rotatable bonds is 6. The molecule has 1 saturated carbocycles. The average molecular weight is 287 g/mol. The smallest absolute Gasteiger partial charge is 0.0473 e. The standard InChI is InChI=1S/C18H29N3/c1-20(2)17-9-6-12-21(14-17)18(13-19-16-10-11-16)15-7-4-3-5-8-15/h3-5,7-8,16-19H,6,9-14H2,1-2H3. The SMILES string of the molecule is CN(C)C1CCCN(C(CNC2CC2)c2ccccc2)C1. The van der Waals surface area contributed by atoms with Crippen LogP contribution in [0.2, 0.25) is 0 Å². The summed E-state index contributed by atoms with van der Waals surface area (Å²) in [5.74, 6) is 0. The first-order valence-electron chi connectivity index (χ1n) is 8.43. The van der Waals surface area contributed by atoms with Gasteiger partial charge < -0.3 is 10.2 Å². The number of piperidine rings is 1. The summed E-state index contributed by atoms with van der Waals surface area (Å²) >= 11 is 0. The van der Waals surface area contributed by atoms with E-state index < -0.39 is 0 Å². The molecule has 2 unspecified atom stereocenters. The van der Waals surface area contributed by atoms with Gasteiger partial charge in [0.1, 0.15) is 0 Å². The second kappa shape index (κ2) is 6.91. The number of nitrogens with zero attached hydrogens (tertiary/aromatic N) is 2. The van der Waals surface area contributed by atoms with Crippen LogP contribution in [-0.4, -0.2) is 55.6 Å². The Bertz CT molecular complexity index is 427. The van der Waals surface area contributed by atoms with Crippen molar-refractivity contribution in [3.05, 3.63) is 35.9 Å². The van der Waals surface area contributed by atoms with Gasteiger partial charge in [-0.3, -0.25) is 4.90 Å². The molecule has 2 fully saturated rings. The lowest BCUT2D eigenvalue weighted by molar-refractivity contribution is 0.0946. The molecule has 1 aliphatic carbocycles. The van der Waals surface area contributed by atoms with Crippen molar-refractivity contribution in [3.8, 4) is 0 Å². The molecule has 0 amide bonds. The van der Waals surface area contributed by atoms with E-state index in [1.807, 2.05) is 0 Å². The fraction of sp³-hybridized carbons (Fsp3) is 0.667. The number of hydrogen-bond acceptors (Lipinski definition) is 3. The minimum atomic E-state index is 0.523. The second-order valence-electron chi connectivity index (χ2n) is 6.86. The monoisotopic (exact) mass is 287 g/mol. The maximum Gasteiger partial charge on any atom is 0.0473 e. The van der Waals surface area contributed by atoms with Crippen LogP contribution in [0.1, 0.15) is 37.3 Å². The summed E-state index contributed by atoms with van der Waals surface area (Å²) in [5, 5.41) is 3.74. The van der Waals surface area contributed by atoms with Crippen LogP contribution >= 0.6 is 0 Å². The van der Waals surface area contributed by atoms with Gasteiger partial charge in [0.05, 0.1) is 0 Å². The van der Waals surface area contributed by atoms with E-state index in [0.717, 1.165) is 12.6 Å². The Labute approximate surface area is 129 Å². The summed E-state index contributed by atoms with van der Waals surface area (Å²) < 4.78 is 0. The Hall–Kier alpha value is -0.900. The van der Waals surface area contributed by atoms with Crippen LogP contribution in [0.4, 0.5) is 0 Å². The molecule has 1 aromatic rings. The Morgan fingerprint density at radius 3 is 2.62 bits per heavy atom. The minimum absolute atomic E-state index is 0.523. The number of nitrogens with one attached hydrogen (secondary N) is 1. The predicted molar refractivity (Wildman–Crippen MR) is 88.5 cm³/mol. The van der Waals surface area contributed by atoms with Gasteiger partial charge in [0.15, 0.2) is 0 Å². The van der Waals surface area contributed by atoms with Crippen molar-refractivity contribution in [1.82, 2.24) is 15.1 Å². The lowest BCUT2D eigenvalue weighted by atomic mass is 9.98. The largest absolute Gasteiger partial charge is 0.312 e. The third kappa shape index (κ3) is 4.06. The molecule has 3 rings (SSSR count). The topological polar surface area (TPSA) is 18.5 Å². The molecule has 2 atom stereocenters. The van der Waals surface area contributed by atoms with Gasteiger partial charge in [0.2, 0.25) is 0 Å². The molecule has 1 aliphatic heterocycles. The highest BCUT2D eigenvalue weighted by molar-refractivity contribution is 5.20. The number of likely N-dealkylation sites (N-methyl/N-ethyl adjacent to an activating group) is 1. The molecule has 0 radical (unpaired) electrons. The molecule has 0 bridgehead atoms. The molecule has 21 heavy (non-hydrogen) atoms. The van der Waals surface area contributed by atoms with Crippen LogP contribution in [0, 0.1) is 0 Å². The van der Waals surface area contributed by atoms with Crippen LogP contribution in [0.15, 0.2) is 30.3 Å². The summed E-state index contributed by atoms with van der Waals surface area (Å²) in [6, 6.07) is 13.1. The first-order valence-corrected chi connectivity index (χ1v) is 8.43. The zero-order valence-corrected chi connectivity index (χ0v) is 13.5. The van der Waals surface area contributed by atoms with Crippen molar-refractivity contribution in [2.24, 2.45) is 0 Å². The van der Waals surface area contributed by atoms with Crippen LogP contribution in [0.25, 0.3) is 0 Å². The van der Waals surface area contributed by atoms with Crippen molar-refractivity contribution < 1.29 is 0 Å². The maximum atomic E-state index is 3.74. The molecule has 3 heteroatoms. The third-order valence-corrected chi connectivity index (χ3v) is 4.96. The van der Waals surface area contributed by atoms with Gasteiger partial charge >= 0.3 is 0 Å². The first-order chi connectivity index (χ1) is 10.2. The average Bonchev–Trinajstić information content (AvgIpc) is 3.33. The molecular weight excluding hydrogens is 258 g/mol. The highest BCUT2D eigenvalue weighted by atomic mass is 15.2. The van der Waals surface area contributed by atoms with E-state index in [1.165, 1.54) is 44.3 Å². The molecule has 0 aromatic heterocycles. The number of benzene rings is 1. The lowest BCUT2D eigenvalue weighted by Crippen LogP contribution is -2.48. The fourth-order valence-electron chi connectivity index (χ4n) is 3.39. The van der Waals surface area contributed by atoms with E-state index >= 15 is 0 Å². The quantitative estimate of drug-likeness (QED) is 0.867. The molecule has 1 N–H and O–H groups in total. The summed E-state index contributed by atoms with van der Waals surface area (Å²) in [4.78, 5) is 5.08. The number of likely N-dealkylation sites (tertiary alicyclic amines) is 1. The van der Waals surface area contributed by atoms with Gasteiger partial charge in [-0.1, -0.05) is 30.3 Å². The Balaban J connectivity index is 1.70. The number of hydrogen-bond donors (Lipinski definition) is 1. The lowest BCUT2D eigenvalue weighted by Gasteiger charge is -2.41. The van der Waals surface area contributed by atoms with E-state index in [-0.39, 0.29) is 0 Å². The van der Waals surface area contributed by atoms with Gasteiger partial charge in [-0.25, -0.2) is 0 Å². The highest BCUT2D eigenvalue weighted by Crippen LogP contribution is 2.27. The summed E-state index contributed by atoms with van der Waals surface area (Å²) in [5.41, 5.74) is 1.46. The minimum Gasteiger partial charge on any atom is -0.312 e.